The standard InChI is InChI=1S/C26H29N5O5/c27-22(12-16-6-8-20(32)9-7-16)25(35)30-11-3-10-29-24(34)21-14-18-5-2-1-4-17(18)13-19(21)15-23(33)31-26(28)36/h1-2,4-9,13-14,22,32H,3,10-12,15,27H2,(H,29,34)(H,30,35)(H3,28,31,33,36)/t22-/m0/s1. The molecule has 0 spiro atoms. The molecule has 36 heavy (non-hydrogen) atoms. The molecule has 10 nitrogen and oxygen atoms in total. The number of urea groups is 1. The van der Waals surface area contributed by atoms with Gasteiger partial charge in [0.1, 0.15) is 5.75 Å². The van der Waals surface area contributed by atoms with Gasteiger partial charge in [-0.05, 0) is 59.0 Å². The maximum atomic E-state index is 12.9. The van der Waals surface area contributed by atoms with Crippen LogP contribution in [0.15, 0.2) is 60.7 Å². The summed E-state index contributed by atoms with van der Waals surface area (Å²) in [5.41, 5.74) is 12.6. The number of aromatic hydroxyl groups is 1. The zero-order chi connectivity index (χ0) is 26.1. The van der Waals surface area contributed by atoms with E-state index in [1.165, 1.54) is 12.1 Å². The summed E-state index contributed by atoms with van der Waals surface area (Å²) in [6.45, 7) is 0.597. The summed E-state index contributed by atoms with van der Waals surface area (Å²) in [4.78, 5) is 48.2. The van der Waals surface area contributed by atoms with Gasteiger partial charge >= 0.3 is 6.03 Å². The molecule has 3 aromatic carbocycles. The molecule has 3 aromatic rings. The first-order valence-electron chi connectivity index (χ1n) is 11.4. The number of hydrogen-bond acceptors (Lipinski definition) is 6. The summed E-state index contributed by atoms with van der Waals surface area (Å²) in [6, 6.07) is 15.6. The number of phenolic OH excluding ortho intramolecular Hbond substituents is 1. The predicted octanol–water partition coefficient (Wildman–Crippen LogP) is 1.09. The van der Waals surface area contributed by atoms with Crippen LogP contribution in [0.4, 0.5) is 4.79 Å². The summed E-state index contributed by atoms with van der Waals surface area (Å²) < 4.78 is 0. The first-order chi connectivity index (χ1) is 17.2. The summed E-state index contributed by atoms with van der Waals surface area (Å²) in [5.74, 6) is -1.16. The molecule has 0 radical (unpaired) electrons. The third-order valence-electron chi connectivity index (χ3n) is 5.50. The highest BCUT2D eigenvalue weighted by Crippen LogP contribution is 2.21. The Morgan fingerprint density at radius 2 is 1.53 bits per heavy atom. The van der Waals surface area contributed by atoms with Crippen LogP contribution in [-0.2, 0) is 22.4 Å². The molecule has 0 bridgehead atoms. The third-order valence-corrected chi connectivity index (χ3v) is 5.50. The molecule has 0 aliphatic carbocycles. The van der Waals surface area contributed by atoms with Gasteiger partial charge in [0.25, 0.3) is 5.91 Å². The summed E-state index contributed by atoms with van der Waals surface area (Å²) in [6.07, 6.45) is 0.608. The van der Waals surface area contributed by atoms with E-state index in [0.29, 0.717) is 30.5 Å². The van der Waals surface area contributed by atoms with E-state index in [4.69, 9.17) is 11.5 Å². The van der Waals surface area contributed by atoms with Gasteiger partial charge in [-0.25, -0.2) is 4.79 Å². The normalized spacial score (nSPS) is 11.5. The fourth-order valence-electron chi connectivity index (χ4n) is 3.71. The third kappa shape index (κ3) is 7.54. The second kappa shape index (κ2) is 12.3. The Labute approximate surface area is 208 Å². The molecule has 3 rings (SSSR count). The zero-order valence-electron chi connectivity index (χ0n) is 19.6. The fraction of sp³-hybridized carbons (Fsp3) is 0.231. The lowest BCUT2D eigenvalue weighted by Crippen LogP contribution is -2.42. The van der Waals surface area contributed by atoms with Crippen molar-refractivity contribution in [3.63, 3.8) is 0 Å². The van der Waals surface area contributed by atoms with Crippen molar-refractivity contribution in [2.24, 2.45) is 11.5 Å². The molecule has 0 aliphatic heterocycles. The monoisotopic (exact) mass is 491 g/mol. The van der Waals surface area contributed by atoms with Crippen LogP contribution < -0.4 is 27.4 Å². The Morgan fingerprint density at radius 3 is 2.19 bits per heavy atom. The molecule has 1 atom stereocenters. The van der Waals surface area contributed by atoms with Gasteiger partial charge in [-0.1, -0.05) is 36.4 Å². The molecule has 0 aromatic heterocycles. The number of fused-ring (bicyclic) bond motifs is 1. The van der Waals surface area contributed by atoms with E-state index in [-0.39, 0.29) is 30.5 Å². The summed E-state index contributed by atoms with van der Waals surface area (Å²) in [7, 11) is 0. The van der Waals surface area contributed by atoms with Crippen LogP contribution in [0.25, 0.3) is 10.8 Å². The maximum absolute atomic E-state index is 12.9. The number of phenols is 1. The maximum Gasteiger partial charge on any atom is 0.318 e. The first-order valence-corrected chi connectivity index (χ1v) is 11.4. The molecule has 10 heteroatoms. The largest absolute Gasteiger partial charge is 0.508 e. The molecule has 0 fully saturated rings. The lowest BCUT2D eigenvalue weighted by atomic mass is 9.98. The molecule has 0 saturated carbocycles. The van der Waals surface area contributed by atoms with Gasteiger partial charge in [0.15, 0.2) is 0 Å². The van der Waals surface area contributed by atoms with Crippen LogP contribution in [0, 0.1) is 0 Å². The lowest BCUT2D eigenvalue weighted by molar-refractivity contribution is -0.122. The van der Waals surface area contributed by atoms with Crippen molar-refractivity contribution in [1.29, 1.82) is 0 Å². The van der Waals surface area contributed by atoms with Crippen LogP contribution in [-0.4, -0.2) is 48.0 Å². The van der Waals surface area contributed by atoms with Crippen LogP contribution in [0.1, 0.15) is 27.9 Å². The van der Waals surface area contributed by atoms with E-state index < -0.39 is 18.0 Å². The Hall–Kier alpha value is -4.44. The summed E-state index contributed by atoms with van der Waals surface area (Å²) in [5, 5.41) is 18.6. The lowest BCUT2D eigenvalue weighted by Gasteiger charge is -2.14. The van der Waals surface area contributed by atoms with Gasteiger partial charge in [-0.15, -0.1) is 0 Å². The minimum atomic E-state index is -0.961. The average molecular weight is 492 g/mol. The van der Waals surface area contributed by atoms with E-state index in [0.717, 1.165) is 16.3 Å². The molecular formula is C26H29N5O5. The molecule has 0 saturated heterocycles. The van der Waals surface area contributed by atoms with E-state index in [2.05, 4.69) is 10.6 Å². The fourth-order valence-corrected chi connectivity index (χ4v) is 3.71. The number of hydrogen-bond donors (Lipinski definition) is 6. The number of amides is 5. The van der Waals surface area contributed by atoms with Crippen molar-refractivity contribution in [1.82, 2.24) is 16.0 Å². The van der Waals surface area contributed by atoms with Gasteiger partial charge in [-0.2, -0.15) is 0 Å². The van der Waals surface area contributed by atoms with E-state index >= 15 is 0 Å². The van der Waals surface area contributed by atoms with Gasteiger partial charge in [0.2, 0.25) is 11.8 Å². The predicted molar refractivity (Wildman–Crippen MR) is 135 cm³/mol. The Balaban J connectivity index is 1.53. The minimum absolute atomic E-state index is 0.142. The van der Waals surface area contributed by atoms with Crippen LogP contribution in [0.2, 0.25) is 0 Å². The van der Waals surface area contributed by atoms with Gasteiger partial charge < -0.3 is 27.2 Å². The molecular weight excluding hydrogens is 462 g/mol. The van der Waals surface area contributed by atoms with Crippen LogP contribution >= 0.6 is 0 Å². The number of primary amides is 1. The highest BCUT2D eigenvalue weighted by Gasteiger charge is 2.17. The van der Waals surface area contributed by atoms with E-state index in [9.17, 15) is 24.3 Å². The second-order valence-electron chi connectivity index (χ2n) is 8.32. The molecule has 5 amide bonds. The average Bonchev–Trinajstić information content (AvgIpc) is 2.84. The first kappa shape index (κ1) is 26.2. The van der Waals surface area contributed by atoms with Crippen LogP contribution in [0.5, 0.6) is 5.75 Å². The van der Waals surface area contributed by atoms with E-state index in [1.54, 1.807) is 24.3 Å². The Morgan fingerprint density at radius 1 is 0.889 bits per heavy atom. The highest BCUT2D eigenvalue weighted by atomic mass is 16.3. The SMILES string of the molecule is NC(=O)NC(=O)Cc1cc2ccccc2cc1C(=O)NCCCNC(=O)[C@@H](N)Cc1ccc(O)cc1. The highest BCUT2D eigenvalue weighted by molar-refractivity contribution is 6.02. The number of nitrogens with two attached hydrogens (primary N) is 2. The van der Waals surface area contributed by atoms with Gasteiger partial charge in [-0.3, -0.25) is 19.7 Å². The van der Waals surface area contributed by atoms with Crippen LogP contribution in [0.3, 0.4) is 0 Å². The molecule has 0 heterocycles. The molecule has 0 unspecified atom stereocenters. The Bertz CT molecular complexity index is 1260. The Kier molecular flexibility index (Phi) is 8.95. The minimum Gasteiger partial charge on any atom is -0.508 e. The molecule has 8 N–H and O–H groups in total. The van der Waals surface area contributed by atoms with Crippen molar-refractivity contribution in [2.75, 3.05) is 13.1 Å². The number of rotatable bonds is 10. The quantitative estimate of drug-likeness (QED) is 0.231. The smallest absolute Gasteiger partial charge is 0.318 e. The number of benzene rings is 3. The van der Waals surface area contributed by atoms with Gasteiger partial charge in [0.05, 0.1) is 12.5 Å². The van der Waals surface area contributed by atoms with Crippen molar-refractivity contribution >= 4 is 34.5 Å². The zero-order valence-corrected chi connectivity index (χ0v) is 19.6. The number of carbonyl (C=O) groups is 4. The second-order valence-corrected chi connectivity index (χ2v) is 8.32. The molecule has 0 aliphatic rings. The van der Waals surface area contributed by atoms with Crippen molar-refractivity contribution in [3.05, 3.63) is 77.4 Å². The van der Waals surface area contributed by atoms with Crippen molar-refractivity contribution in [2.45, 2.75) is 25.3 Å². The number of imide groups is 1. The topological polar surface area (TPSA) is 177 Å². The van der Waals surface area contributed by atoms with Crippen molar-refractivity contribution < 1.29 is 24.3 Å². The number of nitrogens with one attached hydrogen (secondary N) is 3. The molecule has 188 valence electrons. The summed E-state index contributed by atoms with van der Waals surface area (Å²) >= 11 is 0. The van der Waals surface area contributed by atoms with Gasteiger partial charge in [0, 0.05) is 18.7 Å². The number of carbonyl (C=O) groups excluding carboxylic acids is 4. The van der Waals surface area contributed by atoms with E-state index in [1.807, 2.05) is 29.6 Å². The van der Waals surface area contributed by atoms with Crippen molar-refractivity contribution in [3.8, 4) is 5.75 Å².